The van der Waals surface area contributed by atoms with Gasteiger partial charge in [0.05, 0.1) is 11.1 Å². The number of para-hydroxylation sites is 2. The van der Waals surface area contributed by atoms with Gasteiger partial charge in [0, 0.05) is 32.9 Å². The largest absolute Gasteiger partial charge is 0.456 e. The summed E-state index contributed by atoms with van der Waals surface area (Å²) in [6, 6.07) is 81.1. The molecule has 1 aliphatic rings. The molecule has 0 radical (unpaired) electrons. The second-order valence-electron chi connectivity index (χ2n) is 16.4. The minimum Gasteiger partial charge on any atom is -0.456 e. The Kier molecular flexibility index (Phi) is 7.52. The Morgan fingerprint density at radius 2 is 0.984 bits per heavy atom. The van der Waals surface area contributed by atoms with Crippen LogP contribution in [-0.2, 0) is 5.41 Å². The van der Waals surface area contributed by atoms with Gasteiger partial charge in [-0.2, -0.15) is 0 Å². The van der Waals surface area contributed by atoms with Gasteiger partial charge in [-0.1, -0.05) is 164 Å². The lowest BCUT2D eigenvalue weighted by molar-refractivity contribution is 0.663. The van der Waals surface area contributed by atoms with Gasteiger partial charge in [0.25, 0.3) is 0 Å². The summed E-state index contributed by atoms with van der Waals surface area (Å²) in [6.07, 6.45) is 0. The third-order valence-electron chi connectivity index (χ3n) is 13.1. The van der Waals surface area contributed by atoms with Crippen LogP contribution in [0.3, 0.4) is 0 Å². The lowest BCUT2D eigenvalue weighted by atomic mass is 9.67. The highest BCUT2D eigenvalue weighted by molar-refractivity contribution is 6.27. The highest BCUT2D eigenvalue weighted by atomic mass is 16.3. The Hall–Kier alpha value is -8.14. The van der Waals surface area contributed by atoms with E-state index < -0.39 is 5.41 Å². The number of rotatable bonds is 6. The molecule has 2 heterocycles. The average Bonchev–Trinajstić information content (AvgIpc) is 4.00. The molecule has 0 bridgehead atoms. The number of furan rings is 2. The number of anilines is 3. The summed E-state index contributed by atoms with van der Waals surface area (Å²) in [5.41, 5.74) is 15.5. The molecule has 0 N–H and O–H groups in total. The van der Waals surface area contributed by atoms with E-state index in [1.807, 2.05) is 18.2 Å². The predicted molar refractivity (Wildman–Crippen MR) is 256 cm³/mol. The average molecular weight is 792 g/mol. The van der Waals surface area contributed by atoms with Crippen molar-refractivity contribution in [3.05, 3.63) is 247 Å². The molecule has 3 nitrogen and oxygen atoms in total. The quantitative estimate of drug-likeness (QED) is 0.168. The van der Waals surface area contributed by atoms with Gasteiger partial charge < -0.3 is 13.7 Å². The monoisotopic (exact) mass is 791 g/mol. The van der Waals surface area contributed by atoms with E-state index in [2.05, 4.69) is 211 Å². The van der Waals surface area contributed by atoms with Gasteiger partial charge in [-0.25, -0.2) is 0 Å². The predicted octanol–water partition coefficient (Wildman–Crippen LogP) is 16.1. The summed E-state index contributed by atoms with van der Waals surface area (Å²) in [7, 11) is 0. The van der Waals surface area contributed by atoms with Crippen LogP contribution in [0.15, 0.2) is 233 Å². The number of fused-ring (bicyclic) bond motifs is 11. The topological polar surface area (TPSA) is 29.5 Å². The van der Waals surface area contributed by atoms with Crippen LogP contribution in [0.4, 0.5) is 17.1 Å². The molecule has 2 aromatic heterocycles. The van der Waals surface area contributed by atoms with Crippen LogP contribution >= 0.6 is 0 Å². The third kappa shape index (κ3) is 5.00. The maximum absolute atomic E-state index is 7.13. The first-order valence-corrected chi connectivity index (χ1v) is 21.2. The van der Waals surface area contributed by atoms with Crippen molar-refractivity contribution in [2.75, 3.05) is 4.90 Å². The molecule has 62 heavy (non-hydrogen) atoms. The molecule has 0 amide bonds. The zero-order valence-corrected chi connectivity index (χ0v) is 33.6. The number of hydrogen-bond donors (Lipinski definition) is 0. The third-order valence-corrected chi connectivity index (χ3v) is 13.1. The van der Waals surface area contributed by atoms with Crippen LogP contribution in [0, 0.1) is 0 Å². The van der Waals surface area contributed by atoms with Crippen LogP contribution in [0.1, 0.15) is 22.3 Å². The fraction of sp³-hybridized carbons (Fsp3) is 0.0169. The van der Waals surface area contributed by atoms with Gasteiger partial charge >= 0.3 is 0 Å². The van der Waals surface area contributed by atoms with Gasteiger partial charge in [0.1, 0.15) is 16.7 Å². The molecule has 0 fully saturated rings. The van der Waals surface area contributed by atoms with Crippen LogP contribution in [-0.4, -0.2) is 0 Å². The van der Waals surface area contributed by atoms with Gasteiger partial charge in [-0.15, -0.1) is 0 Å². The van der Waals surface area contributed by atoms with Crippen molar-refractivity contribution in [1.82, 2.24) is 0 Å². The van der Waals surface area contributed by atoms with E-state index in [-0.39, 0.29) is 0 Å². The highest BCUT2D eigenvalue weighted by Gasteiger charge is 2.46. The summed E-state index contributed by atoms with van der Waals surface area (Å²) in [6.45, 7) is 0. The number of hydrogen-bond acceptors (Lipinski definition) is 3. The second kappa shape index (κ2) is 13.4. The van der Waals surface area contributed by atoms with Crippen molar-refractivity contribution in [3.8, 4) is 22.3 Å². The molecule has 1 aliphatic carbocycles. The van der Waals surface area contributed by atoms with E-state index in [1.165, 1.54) is 44.2 Å². The van der Waals surface area contributed by atoms with Crippen molar-refractivity contribution in [2.24, 2.45) is 0 Å². The molecule has 290 valence electrons. The summed E-state index contributed by atoms with van der Waals surface area (Å²) >= 11 is 0. The molecular weight excluding hydrogens is 755 g/mol. The Morgan fingerprint density at radius 3 is 1.77 bits per heavy atom. The van der Waals surface area contributed by atoms with Crippen molar-refractivity contribution < 1.29 is 8.83 Å². The Bertz CT molecular complexity index is 3660. The van der Waals surface area contributed by atoms with E-state index in [9.17, 15) is 0 Å². The van der Waals surface area contributed by atoms with Crippen LogP contribution in [0.5, 0.6) is 0 Å². The van der Waals surface area contributed by atoms with E-state index in [4.69, 9.17) is 8.83 Å². The SMILES string of the molecule is c1ccc(N(c2ccc3c(c2)C(c2ccccc2)(c2ccccc2)c2ccccc2-3)c2cc(-c3ccc4ccccc4c3)cc3c2oc2ccc4oc5ccccc5c4c23)cc1. The molecule has 0 saturated heterocycles. The van der Waals surface area contributed by atoms with Crippen molar-refractivity contribution in [3.63, 3.8) is 0 Å². The standard InChI is InChI=1S/C59H37NO2/c1-4-18-42(19-5-1)59(43-20-6-2-7-21-43)50-26-14-12-24-46(50)47-31-30-45(37-51(47)59)60(44-22-8-3-9-23-44)52-36-41(40-29-28-38-16-10-11-17-39(38)34-40)35-49-57-55(62-58(49)52)33-32-54-56(57)48-25-13-15-27-53(48)61-54/h1-37H. The molecule has 0 spiro atoms. The zero-order chi connectivity index (χ0) is 40.8. The molecule has 0 atom stereocenters. The van der Waals surface area contributed by atoms with E-state index in [0.29, 0.717) is 0 Å². The number of nitrogens with zero attached hydrogens (tertiary/aromatic N) is 1. The molecular formula is C59H37NO2. The minimum atomic E-state index is -0.553. The molecule has 0 aliphatic heterocycles. The second-order valence-corrected chi connectivity index (χ2v) is 16.4. The first-order chi connectivity index (χ1) is 30.7. The van der Waals surface area contributed by atoms with E-state index >= 15 is 0 Å². The molecule has 0 saturated carbocycles. The zero-order valence-electron chi connectivity index (χ0n) is 33.6. The van der Waals surface area contributed by atoms with Gasteiger partial charge in [-0.05, 0) is 116 Å². The summed E-state index contributed by atoms with van der Waals surface area (Å²) in [4.78, 5) is 2.39. The lowest BCUT2D eigenvalue weighted by Gasteiger charge is -2.35. The maximum Gasteiger partial charge on any atom is 0.159 e. The van der Waals surface area contributed by atoms with Gasteiger partial charge in [-0.3, -0.25) is 0 Å². The van der Waals surface area contributed by atoms with Crippen LogP contribution in [0.25, 0.3) is 76.9 Å². The Morgan fingerprint density at radius 1 is 0.355 bits per heavy atom. The Balaban J connectivity index is 1.14. The molecule has 3 heteroatoms. The maximum atomic E-state index is 7.13. The van der Waals surface area contributed by atoms with Crippen molar-refractivity contribution in [2.45, 2.75) is 5.41 Å². The highest BCUT2D eigenvalue weighted by Crippen LogP contribution is 2.58. The first-order valence-electron chi connectivity index (χ1n) is 21.2. The summed E-state index contributed by atoms with van der Waals surface area (Å²) in [5, 5.41) is 6.64. The van der Waals surface area contributed by atoms with Gasteiger partial charge in [0.2, 0.25) is 0 Å². The molecule has 0 unspecified atom stereocenters. The molecule has 12 aromatic rings. The summed E-state index contributed by atoms with van der Waals surface area (Å²) < 4.78 is 13.6. The fourth-order valence-corrected chi connectivity index (χ4v) is 10.4. The first kappa shape index (κ1) is 34.7. The van der Waals surface area contributed by atoms with Gasteiger partial charge in [0.15, 0.2) is 5.58 Å². The Labute approximate surface area is 358 Å². The van der Waals surface area contributed by atoms with Crippen LogP contribution < -0.4 is 4.90 Å². The van der Waals surface area contributed by atoms with Crippen LogP contribution in [0.2, 0.25) is 0 Å². The molecule has 13 rings (SSSR count). The van der Waals surface area contributed by atoms with Crippen molar-refractivity contribution in [1.29, 1.82) is 0 Å². The van der Waals surface area contributed by atoms with E-state index in [1.54, 1.807) is 0 Å². The normalized spacial score (nSPS) is 13.0. The number of benzene rings is 10. The van der Waals surface area contributed by atoms with Crippen molar-refractivity contribution >= 4 is 71.7 Å². The molecule has 10 aromatic carbocycles. The lowest BCUT2D eigenvalue weighted by Crippen LogP contribution is -2.28. The fourth-order valence-electron chi connectivity index (χ4n) is 10.4. The smallest absolute Gasteiger partial charge is 0.159 e. The summed E-state index contributed by atoms with van der Waals surface area (Å²) in [5.74, 6) is 0. The minimum absolute atomic E-state index is 0.553. The van der Waals surface area contributed by atoms with E-state index in [0.717, 1.165) is 72.1 Å².